The molecule has 0 saturated carbocycles. The summed E-state index contributed by atoms with van der Waals surface area (Å²) in [5.74, 6) is 0.288. The molecule has 3 heteroatoms. The molecule has 0 spiro atoms. The summed E-state index contributed by atoms with van der Waals surface area (Å²) in [4.78, 5) is 14.1. The van der Waals surface area contributed by atoms with Gasteiger partial charge in [-0.3, -0.25) is 9.69 Å². The fourth-order valence-electron chi connectivity index (χ4n) is 2.59. The third-order valence-electron chi connectivity index (χ3n) is 3.80. The van der Waals surface area contributed by atoms with Crippen LogP contribution in [0.2, 0.25) is 0 Å². The summed E-state index contributed by atoms with van der Waals surface area (Å²) in [6.07, 6.45) is 0.926. The Morgan fingerprint density at radius 3 is 2.12 bits per heavy atom. The molecule has 0 aromatic heterocycles. The Kier molecular flexibility index (Phi) is 4.13. The monoisotopic (exact) mass is 226 g/mol. The third-order valence-corrected chi connectivity index (χ3v) is 3.80. The Balaban J connectivity index is 2.65. The van der Waals surface area contributed by atoms with Crippen LogP contribution in [0, 0.1) is 5.41 Å². The molecule has 1 saturated heterocycles. The summed E-state index contributed by atoms with van der Waals surface area (Å²) < 4.78 is 0. The lowest BCUT2D eigenvalue weighted by Crippen LogP contribution is -2.55. The van der Waals surface area contributed by atoms with Gasteiger partial charge in [-0.2, -0.15) is 0 Å². The van der Waals surface area contributed by atoms with E-state index in [1.807, 2.05) is 0 Å². The molecule has 3 nitrogen and oxygen atoms in total. The van der Waals surface area contributed by atoms with Gasteiger partial charge >= 0.3 is 0 Å². The zero-order chi connectivity index (χ0) is 12.4. The Hall–Kier alpha value is -0.410. The number of piperazine rings is 1. The summed E-state index contributed by atoms with van der Waals surface area (Å²) in [6.45, 7) is 14.6. The molecule has 0 aliphatic carbocycles. The van der Waals surface area contributed by atoms with E-state index in [-0.39, 0.29) is 16.7 Å². The summed E-state index contributed by atoms with van der Waals surface area (Å²) in [5, 5.41) is 3.36. The second-order valence-electron chi connectivity index (χ2n) is 6.17. The summed E-state index contributed by atoms with van der Waals surface area (Å²) >= 11 is 0. The second-order valence-corrected chi connectivity index (χ2v) is 6.17. The standard InChI is InChI=1S/C13H26N2O/c1-11(16)12(2,3)10-13(4,5)15-8-6-14-7-9-15/h14H,6-10H2,1-5H3. The van der Waals surface area contributed by atoms with Crippen molar-refractivity contribution in [2.45, 2.75) is 46.6 Å². The lowest BCUT2D eigenvalue weighted by atomic mass is 9.76. The summed E-state index contributed by atoms with van der Waals surface area (Å²) in [7, 11) is 0. The van der Waals surface area contributed by atoms with Crippen LogP contribution >= 0.6 is 0 Å². The number of carbonyl (C=O) groups excluding carboxylic acids is 1. The average Bonchev–Trinajstić information content (AvgIpc) is 2.17. The largest absolute Gasteiger partial charge is 0.314 e. The number of Topliss-reactive ketones (excluding diaryl/α,β-unsaturated/α-hetero) is 1. The maximum Gasteiger partial charge on any atom is 0.135 e. The molecule has 0 radical (unpaired) electrons. The van der Waals surface area contributed by atoms with Gasteiger partial charge in [-0.05, 0) is 27.2 Å². The molecule has 0 bridgehead atoms. The summed E-state index contributed by atoms with van der Waals surface area (Å²) in [6, 6.07) is 0. The van der Waals surface area contributed by atoms with Crippen LogP contribution in [0.4, 0.5) is 0 Å². The van der Waals surface area contributed by atoms with Gasteiger partial charge in [0, 0.05) is 37.1 Å². The van der Waals surface area contributed by atoms with Crippen molar-refractivity contribution in [1.29, 1.82) is 0 Å². The van der Waals surface area contributed by atoms with E-state index in [0.717, 1.165) is 32.6 Å². The number of hydrogen-bond acceptors (Lipinski definition) is 3. The highest BCUT2D eigenvalue weighted by Gasteiger charge is 2.36. The van der Waals surface area contributed by atoms with E-state index in [1.54, 1.807) is 6.92 Å². The molecule has 1 aliphatic heterocycles. The molecule has 0 unspecified atom stereocenters. The topological polar surface area (TPSA) is 32.3 Å². The average molecular weight is 226 g/mol. The van der Waals surface area contributed by atoms with Crippen molar-refractivity contribution in [2.24, 2.45) is 5.41 Å². The van der Waals surface area contributed by atoms with Crippen molar-refractivity contribution in [3.05, 3.63) is 0 Å². The van der Waals surface area contributed by atoms with Gasteiger partial charge in [0.25, 0.3) is 0 Å². The van der Waals surface area contributed by atoms with E-state index < -0.39 is 0 Å². The number of hydrogen-bond donors (Lipinski definition) is 1. The molecule has 0 atom stereocenters. The SMILES string of the molecule is CC(=O)C(C)(C)CC(C)(C)N1CCNCC1. The molecule has 0 aromatic rings. The lowest BCUT2D eigenvalue weighted by Gasteiger charge is -2.44. The Labute approximate surface area is 99.6 Å². The summed E-state index contributed by atoms with van der Waals surface area (Å²) in [5.41, 5.74) is -0.106. The first-order chi connectivity index (χ1) is 7.26. The van der Waals surface area contributed by atoms with E-state index in [2.05, 4.69) is 37.9 Å². The fraction of sp³-hybridized carbons (Fsp3) is 0.923. The van der Waals surface area contributed by atoms with Gasteiger partial charge in [0.05, 0.1) is 0 Å². The highest BCUT2D eigenvalue weighted by molar-refractivity contribution is 5.81. The van der Waals surface area contributed by atoms with Gasteiger partial charge < -0.3 is 5.32 Å². The highest BCUT2D eigenvalue weighted by atomic mass is 16.1. The van der Waals surface area contributed by atoms with Crippen LogP contribution in [0.5, 0.6) is 0 Å². The molecular weight excluding hydrogens is 200 g/mol. The first-order valence-electron chi connectivity index (χ1n) is 6.22. The van der Waals surface area contributed by atoms with Crippen molar-refractivity contribution in [1.82, 2.24) is 10.2 Å². The molecule has 1 rings (SSSR count). The minimum absolute atomic E-state index is 0.108. The van der Waals surface area contributed by atoms with Crippen LogP contribution in [-0.4, -0.2) is 42.4 Å². The van der Waals surface area contributed by atoms with Crippen molar-refractivity contribution < 1.29 is 4.79 Å². The first-order valence-corrected chi connectivity index (χ1v) is 6.22. The van der Waals surface area contributed by atoms with Crippen molar-refractivity contribution in [2.75, 3.05) is 26.2 Å². The predicted molar refractivity (Wildman–Crippen MR) is 67.6 cm³/mol. The lowest BCUT2D eigenvalue weighted by molar-refractivity contribution is -0.126. The number of carbonyl (C=O) groups is 1. The van der Waals surface area contributed by atoms with E-state index in [4.69, 9.17) is 0 Å². The Morgan fingerprint density at radius 2 is 1.69 bits per heavy atom. The highest BCUT2D eigenvalue weighted by Crippen LogP contribution is 2.32. The number of nitrogens with one attached hydrogen (secondary N) is 1. The smallest absolute Gasteiger partial charge is 0.135 e. The number of rotatable bonds is 4. The van der Waals surface area contributed by atoms with E-state index >= 15 is 0 Å². The molecule has 16 heavy (non-hydrogen) atoms. The molecule has 94 valence electrons. The van der Waals surface area contributed by atoms with E-state index in [1.165, 1.54) is 0 Å². The van der Waals surface area contributed by atoms with Gasteiger partial charge in [-0.25, -0.2) is 0 Å². The van der Waals surface area contributed by atoms with Crippen LogP contribution in [0.3, 0.4) is 0 Å². The van der Waals surface area contributed by atoms with Gasteiger partial charge in [0.15, 0.2) is 0 Å². The van der Waals surface area contributed by atoms with Crippen LogP contribution in [0.25, 0.3) is 0 Å². The molecule has 1 N–H and O–H groups in total. The van der Waals surface area contributed by atoms with Crippen molar-refractivity contribution in [3.63, 3.8) is 0 Å². The van der Waals surface area contributed by atoms with Gasteiger partial charge in [0.1, 0.15) is 5.78 Å². The molecule has 0 aromatic carbocycles. The third kappa shape index (κ3) is 3.29. The van der Waals surface area contributed by atoms with Crippen LogP contribution < -0.4 is 5.32 Å². The molecule has 0 amide bonds. The van der Waals surface area contributed by atoms with Crippen LogP contribution in [0.15, 0.2) is 0 Å². The molecular formula is C13H26N2O. The number of nitrogens with zero attached hydrogens (tertiary/aromatic N) is 1. The molecule has 1 heterocycles. The maximum atomic E-state index is 11.6. The normalized spacial score (nSPS) is 19.8. The van der Waals surface area contributed by atoms with E-state index in [9.17, 15) is 4.79 Å². The van der Waals surface area contributed by atoms with Crippen LogP contribution in [0.1, 0.15) is 41.0 Å². The fourth-order valence-corrected chi connectivity index (χ4v) is 2.59. The molecule has 1 fully saturated rings. The van der Waals surface area contributed by atoms with Gasteiger partial charge in [-0.15, -0.1) is 0 Å². The second kappa shape index (κ2) is 4.84. The molecule has 1 aliphatic rings. The zero-order valence-corrected chi connectivity index (χ0v) is 11.4. The van der Waals surface area contributed by atoms with E-state index in [0.29, 0.717) is 0 Å². The Morgan fingerprint density at radius 1 is 1.19 bits per heavy atom. The van der Waals surface area contributed by atoms with Crippen LogP contribution in [-0.2, 0) is 4.79 Å². The van der Waals surface area contributed by atoms with Crippen molar-refractivity contribution >= 4 is 5.78 Å². The predicted octanol–water partition coefficient (Wildman–Crippen LogP) is 1.68. The van der Waals surface area contributed by atoms with Crippen molar-refractivity contribution in [3.8, 4) is 0 Å². The Bertz CT molecular complexity index is 253. The maximum absolute atomic E-state index is 11.6. The quantitative estimate of drug-likeness (QED) is 0.791. The zero-order valence-electron chi connectivity index (χ0n) is 11.4. The minimum atomic E-state index is -0.214. The number of ketones is 1. The van der Waals surface area contributed by atoms with Gasteiger partial charge in [-0.1, -0.05) is 13.8 Å². The first kappa shape index (κ1) is 13.7. The van der Waals surface area contributed by atoms with Gasteiger partial charge in [0.2, 0.25) is 0 Å². The minimum Gasteiger partial charge on any atom is -0.314 e.